The minimum absolute atomic E-state index is 0.108. The molecule has 12 heavy (non-hydrogen) atoms. The Morgan fingerprint density at radius 3 is 2.83 bits per heavy atom. The van der Waals surface area contributed by atoms with Crippen LogP contribution in [0, 0.1) is 17.3 Å². The van der Waals surface area contributed by atoms with Crippen molar-refractivity contribution in [2.24, 2.45) is 17.3 Å². The molecule has 1 N–H and O–H groups in total. The standard InChI is InChI=1S/C11H18O/c1-7-4-5-11(3)8(2)6-9(7)10(11)12/h6-7,9-10,12H,4-5H2,1-3H3/t7-,9-,10+,11-/m0/s1. The highest BCUT2D eigenvalue weighted by molar-refractivity contribution is 5.26. The van der Waals surface area contributed by atoms with Gasteiger partial charge in [0, 0.05) is 11.3 Å². The first kappa shape index (κ1) is 8.31. The maximum Gasteiger partial charge on any atom is 0.0695 e. The Hall–Kier alpha value is -0.300. The van der Waals surface area contributed by atoms with E-state index in [0.29, 0.717) is 11.8 Å². The largest absolute Gasteiger partial charge is 0.392 e. The SMILES string of the molecule is CC1=C[C@@H]2[C@@H](O)[C@@]1(C)CC[C@@H]2C. The van der Waals surface area contributed by atoms with Crippen molar-refractivity contribution in [2.75, 3.05) is 0 Å². The minimum atomic E-state index is -0.110. The number of rotatable bonds is 0. The number of aliphatic hydroxyl groups excluding tert-OH is 1. The Bertz CT molecular complexity index is 231. The maximum absolute atomic E-state index is 10.1. The van der Waals surface area contributed by atoms with Gasteiger partial charge in [-0.3, -0.25) is 0 Å². The molecular formula is C11H18O. The van der Waals surface area contributed by atoms with E-state index in [9.17, 15) is 5.11 Å². The Morgan fingerprint density at radius 2 is 2.25 bits per heavy atom. The van der Waals surface area contributed by atoms with Crippen LogP contribution >= 0.6 is 0 Å². The molecule has 0 unspecified atom stereocenters. The van der Waals surface area contributed by atoms with Gasteiger partial charge in [-0.05, 0) is 25.7 Å². The van der Waals surface area contributed by atoms with Crippen LogP contribution in [0.25, 0.3) is 0 Å². The lowest BCUT2D eigenvalue weighted by Gasteiger charge is -2.40. The number of aliphatic hydroxyl groups is 1. The summed E-state index contributed by atoms with van der Waals surface area (Å²) in [5.41, 5.74) is 1.52. The summed E-state index contributed by atoms with van der Waals surface area (Å²) in [6, 6.07) is 0. The first-order valence-electron chi connectivity index (χ1n) is 4.92. The van der Waals surface area contributed by atoms with Gasteiger partial charge in [-0.1, -0.05) is 25.5 Å². The van der Waals surface area contributed by atoms with Crippen molar-refractivity contribution in [1.82, 2.24) is 0 Å². The van der Waals surface area contributed by atoms with Crippen LogP contribution in [0.3, 0.4) is 0 Å². The molecule has 0 heterocycles. The monoisotopic (exact) mass is 166 g/mol. The van der Waals surface area contributed by atoms with Gasteiger partial charge in [-0.25, -0.2) is 0 Å². The van der Waals surface area contributed by atoms with Gasteiger partial charge >= 0.3 is 0 Å². The second kappa shape index (κ2) is 2.35. The molecular weight excluding hydrogens is 148 g/mol. The fraction of sp³-hybridized carbons (Fsp3) is 0.818. The van der Waals surface area contributed by atoms with Crippen LogP contribution in [-0.4, -0.2) is 11.2 Å². The molecule has 0 radical (unpaired) electrons. The third-order valence-electron chi connectivity index (χ3n) is 4.14. The molecule has 0 spiro atoms. The topological polar surface area (TPSA) is 20.2 Å². The summed E-state index contributed by atoms with van der Waals surface area (Å²) in [6.45, 7) is 6.62. The fourth-order valence-corrected chi connectivity index (χ4v) is 2.77. The van der Waals surface area contributed by atoms with Gasteiger partial charge < -0.3 is 5.11 Å². The van der Waals surface area contributed by atoms with E-state index >= 15 is 0 Å². The summed E-state index contributed by atoms with van der Waals surface area (Å²) in [4.78, 5) is 0. The van der Waals surface area contributed by atoms with Crippen molar-refractivity contribution in [1.29, 1.82) is 0 Å². The summed E-state index contributed by atoms with van der Waals surface area (Å²) >= 11 is 0. The molecule has 2 bridgehead atoms. The molecule has 0 aromatic heterocycles. The van der Waals surface area contributed by atoms with E-state index in [1.807, 2.05) is 0 Å². The predicted octanol–water partition coefficient (Wildman–Crippen LogP) is 2.36. The van der Waals surface area contributed by atoms with E-state index in [1.54, 1.807) is 0 Å². The lowest BCUT2D eigenvalue weighted by Crippen LogP contribution is -2.40. The smallest absolute Gasteiger partial charge is 0.0695 e. The van der Waals surface area contributed by atoms with Crippen LogP contribution in [0.15, 0.2) is 11.6 Å². The van der Waals surface area contributed by atoms with Gasteiger partial charge in [0.05, 0.1) is 6.10 Å². The maximum atomic E-state index is 10.1. The van der Waals surface area contributed by atoms with Gasteiger partial charge in [-0.15, -0.1) is 0 Å². The molecule has 0 aromatic rings. The van der Waals surface area contributed by atoms with Gasteiger partial charge in [0.15, 0.2) is 0 Å². The molecule has 68 valence electrons. The Balaban J connectivity index is 2.36. The highest BCUT2D eigenvalue weighted by Gasteiger charge is 2.48. The van der Waals surface area contributed by atoms with E-state index in [-0.39, 0.29) is 11.5 Å². The van der Waals surface area contributed by atoms with E-state index in [0.717, 1.165) is 6.42 Å². The predicted molar refractivity (Wildman–Crippen MR) is 49.8 cm³/mol. The lowest BCUT2D eigenvalue weighted by molar-refractivity contribution is -0.00963. The third-order valence-corrected chi connectivity index (χ3v) is 4.14. The highest BCUT2D eigenvalue weighted by Crippen LogP contribution is 2.52. The average molecular weight is 166 g/mol. The van der Waals surface area contributed by atoms with Crippen LogP contribution in [-0.2, 0) is 0 Å². The third kappa shape index (κ3) is 0.832. The van der Waals surface area contributed by atoms with Crippen LogP contribution in [0.1, 0.15) is 33.6 Å². The second-order valence-corrected chi connectivity index (χ2v) is 4.81. The molecule has 0 amide bonds. The summed E-state index contributed by atoms with van der Waals surface area (Å²) < 4.78 is 0. The number of hydrogen-bond acceptors (Lipinski definition) is 1. The first-order valence-corrected chi connectivity index (χ1v) is 4.92. The Kier molecular flexibility index (Phi) is 1.63. The van der Waals surface area contributed by atoms with Crippen molar-refractivity contribution in [3.63, 3.8) is 0 Å². The second-order valence-electron chi connectivity index (χ2n) is 4.81. The Labute approximate surface area is 74.5 Å². The van der Waals surface area contributed by atoms with E-state index in [4.69, 9.17) is 0 Å². The molecule has 2 aliphatic rings. The minimum Gasteiger partial charge on any atom is -0.392 e. The van der Waals surface area contributed by atoms with Crippen LogP contribution in [0.2, 0.25) is 0 Å². The number of hydrogen-bond donors (Lipinski definition) is 1. The van der Waals surface area contributed by atoms with Gasteiger partial charge in [-0.2, -0.15) is 0 Å². The number of fused-ring (bicyclic) bond motifs is 2. The van der Waals surface area contributed by atoms with Crippen LogP contribution in [0.4, 0.5) is 0 Å². The molecule has 1 saturated carbocycles. The molecule has 0 aromatic carbocycles. The summed E-state index contributed by atoms with van der Waals surface area (Å²) in [5.74, 6) is 1.11. The summed E-state index contributed by atoms with van der Waals surface area (Å²) in [7, 11) is 0. The molecule has 1 nitrogen and oxygen atoms in total. The molecule has 2 rings (SSSR count). The average Bonchev–Trinajstić information content (AvgIpc) is 2.17. The van der Waals surface area contributed by atoms with Gasteiger partial charge in [0.1, 0.15) is 0 Å². The van der Waals surface area contributed by atoms with Gasteiger partial charge in [0.2, 0.25) is 0 Å². The lowest BCUT2D eigenvalue weighted by atomic mass is 9.68. The van der Waals surface area contributed by atoms with E-state index < -0.39 is 0 Å². The zero-order valence-electron chi connectivity index (χ0n) is 8.17. The zero-order valence-corrected chi connectivity index (χ0v) is 8.17. The van der Waals surface area contributed by atoms with Crippen LogP contribution < -0.4 is 0 Å². The van der Waals surface area contributed by atoms with E-state index in [2.05, 4.69) is 26.8 Å². The zero-order chi connectivity index (χ0) is 8.93. The highest BCUT2D eigenvalue weighted by atomic mass is 16.3. The van der Waals surface area contributed by atoms with Crippen molar-refractivity contribution in [3.8, 4) is 0 Å². The van der Waals surface area contributed by atoms with E-state index in [1.165, 1.54) is 12.0 Å². The summed E-state index contributed by atoms with van der Waals surface area (Å²) in [5, 5.41) is 10.1. The van der Waals surface area contributed by atoms with Crippen molar-refractivity contribution in [3.05, 3.63) is 11.6 Å². The van der Waals surface area contributed by atoms with Crippen molar-refractivity contribution >= 4 is 0 Å². The van der Waals surface area contributed by atoms with Gasteiger partial charge in [0.25, 0.3) is 0 Å². The molecule has 1 heteroatoms. The molecule has 0 aliphatic heterocycles. The van der Waals surface area contributed by atoms with Crippen molar-refractivity contribution < 1.29 is 5.11 Å². The molecule has 4 atom stereocenters. The molecule has 1 fully saturated rings. The molecule has 0 saturated heterocycles. The molecule has 2 aliphatic carbocycles. The van der Waals surface area contributed by atoms with Crippen LogP contribution in [0.5, 0.6) is 0 Å². The normalized spacial score (nSPS) is 52.3. The van der Waals surface area contributed by atoms with Crippen molar-refractivity contribution in [2.45, 2.75) is 39.7 Å². The first-order chi connectivity index (χ1) is 5.55. The summed E-state index contributed by atoms with van der Waals surface area (Å²) in [6.07, 6.45) is 4.61. The quantitative estimate of drug-likeness (QED) is 0.548. The Morgan fingerprint density at radius 1 is 1.58 bits per heavy atom. The fourth-order valence-electron chi connectivity index (χ4n) is 2.77.